The van der Waals surface area contributed by atoms with E-state index in [1.807, 2.05) is 6.92 Å². The van der Waals surface area contributed by atoms with E-state index in [2.05, 4.69) is 5.32 Å². The van der Waals surface area contributed by atoms with E-state index < -0.39 is 0 Å². The van der Waals surface area contributed by atoms with Crippen molar-refractivity contribution in [3.8, 4) is 0 Å². The summed E-state index contributed by atoms with van der Waals surface area (Å²) >= 11 is 0. The van der Waals surface area contributed by atoms with Gasteiger partial charge in [0.05, 0.1) is 0 Å². The zero-order valence-corrected chi connectivity index (χ0v) is 7.65. The number of piperidine rings is 1. The van der Waals surface area contributed by atoms with E-state index in [0.717, 1.165) is 0 Å². The third-order valence-electron chi connectivity index (χ3n) is 1.70. The predicted octanol–water partition coefficient (Wildman–Crippen LogP) is 1.75. The summed E-state index contributed by atoms with van der Waals surface area (Å²) in [7, 11) is 0. The van der Waals surface area contributed by atoms with E-state index in [0.29, 0.717) is 6.42 Å². The van der Waals surface area contributed by atoms with Crippen molar-refractivity contribution in [2.24, 2.45) is 0 Å². The van der Waals surface area contributed by atoms with Gasteiger partial charge in [-0.3, -0.25) is 0 Å². The molecule has 66 valence electrons. The first-order chi connectivity index (χ1) is 5.27. The maximum atomic E-state index is 9.81. The Morgan fingerprint density at radius 1 is 1.27 bits per heavy atom. The second-order valence-electron chi connectivity index (χ2n) is 2.87. The first-order valence-corrected chi connectivity index (χ1v) is 4.47. The van der Waals surface area contributed by atoms with Crippen molar-refractivity contribution in [2.75, 3.05) is 13.1 Å². The number of carbonyl (C=O) groups is 1. The number of nitrogens with one attached hydrogen (secondary N) is 1. The summed E-state index contributed by atoms with van der Waals surface area (Å²) in [4.78, 5) is 9.81. The minimum absolute atomic E-state index is 0.255. The number of carbonyl (C=O) groups excluding carboxylic acids is 1. The molecule has 1 aliphatic heterocycles. The van der Waals surface area contributed by atoms with Crippen molar-refractivity contribution < 1.29 is 4.79 Å². The average Bonchev–Trinajstić information content (AvgIpc) is 2.09. The van der Waals surface area contributed by atoms with Crippen molar-refractivity contribution >= 4 is 5.78 Å². The van der Waals surface area contributed by atoms with E-state index in [1.54, 1.807) is 6.92 Å². The summed E-state index contributed by atoms with van der Waals surface area (Å²) in [6.45, 7) is 5.93. The number of ketones is 1. The molecule has 1 heterocycles. The molecule has 0 aromatic heterocycles. The molecule has 0 radical (unpaired) electrons. The molecule has 1 saturated heterocycles. The van der Waals surface area contributed by atoms with Gasteiger partial charge in [-0.1, -0.05) is 13.3 Å². The van der Waals surface area contributed by atoms with Gasteiger partial charge in [0.15, 0.2) is 0 Å². The highest BCUT2D eigenvalue weighted by molar-refractivity contribution is 5.74. The number of hydrogen-bond acceptors (Lipinski definition) is 2. The highest BCUT2D eigenvalue weighted by Gasteiger charge is 1.93. The van der Waals surface area contributed by atoms with Gasteiger partial charge in [-0.25, -0.2) is 0 Å². The summed E-state index contributed by atoms with van der Waals surface area (Å²) in [6, 6.07) is 0. The molecular weight excluding hydrogens is 138 g/mol. The summed E-state index contributed by atoms with van der Waals surface area (Å²) < 4.78 is 0. The topological polar surface area (TPSA) is 29.1 Å². The molecule has 1 fully saturated rings. The van der Waals surface area contributed by atoms with Crippen molar-refractivity contribution in [2.45, 2.75) is 39.5 Å². The zero-order chi connectivity index (χ0) is 8.53. The lowest BCUT2D eigenvalue weighted by molar-refractivity contribution is -0.116. The molecule has 0 aromatic rings. The van der Waals surface area contributed by atoms with Gasteiger partial charge in [0.25, 0.3) is 0 Å². The third-order valence-corrected chi connectivity index (χ3v) is 1.70. The SMILES string of the molecule is C1CCNCC1.CCC(C)=O. The Balaban J connectivity index is 0.000000187. The van der Waals surface area contributed by atoms with Gasteiger partial charge >= 0.3 is 0 Å². The van der Waals surface area contributed by atoms with E-state index >= 15 is 0 Å². The number of Topliss-reactive ketones (excluding diaryl/α,β-unsaturated/α-hetero) is 1. The lowest BCUT2D eigenvalue weighted by atomic mass is 10.2. The largest absolute Gasteiger partial charge is 0.317 e. The van der Waals surface area contributed by atoms with Crippen LogP contribution in [0.15, 0.2) is 0 Å². The van der Waals surface area contributed by atoms with Gasteiger partial charge in [-0.15, -0.1) is 0 Å². The Labute approximate surface area is 69.4 Å². The van der Waals surface area contributed by atoms with Crippen LogP contribution >= 0.6 is 0 Å². The zero-order valence-electron chi connectivity index (χ0n) is 7.65. The monoisotopic (exact) mass is 157 g/mol. The molecule has 11 heavy (non-hydrogen) atoms. The second-order valence-corrected chi connectivity index (χ2v) is 2.87. The van der Waals surface area contributed by atoms with Gasteiger partial charge < -0.3 is 10.1 Å². The highest BCUT2D eigenvalue weighted by atomic mass is 16.1. The molecule has 0 unspecified atom stereocenters. The fourth-order valence-corrected chi connectivity index (χ4v) is 0.802. The van der Waals surface area contributed by atoms with Crippen molar-refractivity contribution in [1.82, 2.24) is 5.32 Å². The molecule has 0 atom stereocenters. The Kier molecular flexibility index (Phi) is 7.47. The van der Waals surface area contributed by atoms with Gasteiger partial charge in [0.2, 0.25) is 0 Å². The molecule has 2 heteroatoms. The Morgan fingerprint density at radius 2 is 1.73 bits per heavy atom. The molecular formula is C9H19NO. The van der Waals surface area contributed by atoms with Crippen molar-refractivity contribution in [3.05, 3.63) is 0 Å². The van der Waals surface area contributed by atoms with E-state index in [4.69, 9.17) is 0 Å². The Hall–Kier alpha value is -0.370. The number of hydrogen-bond donors (Lipinski definition) is 1. The lowest BCUT2D eigenvalue weighted by Crippen LogP contribution is -2.21. The van der Waals surface area contributed by atoms with Gasteiger partial charge in [-0.05, 0) is 32.9 Å². The molecule has 1 rings (SSSR count). The molecule has 0 bridgehead atoms. The van der Waals surface area contributed by atoms with Crippen LogP contribution in [-0.4, -0.2) is 18.9 Å². The standard InChI is InChI=1S/C5H11N.C4H8O/c1-2-4-6-5-3-1;1-3-4(2)5/h6H,1-5H2;3H2,1-2H3. The molecule has 0 amide bonds. The summed E-state index contributed by atoms with van der Waals surface area (Å²) in [5, 5.41) is 3.28. The fourth-order valence-electron chi connectivity index (χ4n) is 0.802. The quantitative estimate of drug-likeness (QED) is 0.628. The minimum Gasteiger partial charge on any atom is -0.317 e. The van der Waals surface area contributed by atoms with Crippen LogP contribution in [0.3, 0.4) is 0 Å². The van der Waals surface area contributed by atoms with Crippen molar-refractivity contribution in [1.29, 1.82) is 0 Å². The van der Waals surface area contributed by atoms with Crippen LogP contribution in [0.2, 0.25) is 0 Å². The normalized spacial score (nSPS) is 16.5. The van der Waals surface area contributed by atoms with Crippen LogP contribution in [-0.2, 0) is 4.79 Å². The van der Waals surface area contributed by atoms with Crippen LogP contribution in [0, 0.1) is 0 Å². The smallest absolute Gasteiger partial charge is 0.129 e. The van der Waals surface area contributed by atoms with Gasteiger partial charge in [0, 0.05) is 6.42 Å². The fraction of sp³-hybridized carbons (Fsp3) is 0.889. The molecule has 2 nitrogen and oxygen atoms in total. The molecule has 0 spiro atoms. The Bertz CT molecular complexity index is 86.2. The van der Waals surface area contributed by atoms with Crippen LogP contribution in [0.4, 0.5) is 0 Å². The third kappa shape index (κ3) is 9.63. The van der Waals surface area contributed by atoms with E-state index in [9.17, 15) is 4.79 Å². The molecule has 0 aliphatic carbocycles. The summed E-state index contributed by atoms with van der Waals surface area (Å²) in [6.07, 6.45) is 4.88. The minimum atomic E-state index is 0.255. The first-order valence-electron chi connectivity index (χ1n) is 4.47. The molecule has 0 aromatic carbocycles. The van der Waals surface area contributed by atoms with E-state index in [1.165, 1.54) is 32.4 Å². The van der Waals surface area contributed by atoms with Crippen LogP contribution in [0.5, 0.6) is 0 Å². The maximum Gasteiger partial charge on any atom is 0.129 e. The van der Waals surface area contributed by atoms with Crippen LogP contribution in [0.25, 0.3) is 0 Å². The molecule has 0 saturated carbocycles. The lowest BCUT2D eigenvalue weighted by Gasteiger charge is -2.08. The average molecular weight is 157 g/mol. The number of rotatable bonds is 1. The Morgan fingerprint density at radius 3 is 1.82 bits per heavy atom. The van der Waals surface area contributed by atoms with E-state index in [-0.39, 0.29) is 5.78 Å². The molecule has 1 N–H and O–H groups in total. The highest BCUT2D eigenvalue weighted by Crippen LogP contribution is 1.96. The van der Waals surface area contributed by atoms with Crippen LogP contribution in [0.1, 0.15) is 39.5 Å². The first kappa shape index (κ1) is 10.6. The molecule has 1 aliphatic rings. The van der Waals surface area contributed by atoms with Gasteiger partial charge in [-0.2, -0.15) is 0 Å². The second kappa shape index (κ2) is 7.73. The predicted molar refractivity (Wildman–Crippen MR) is 47.7 cm³/mol. The summed E-state index contributed by atoms with van der Waals surface area (Å²) in [5.41, 5.74) is 0. The van der Waals surface area contributed by atoms with Crippen molar-refractivity contribution in [3.63, 3.8) is 0 Å². The maximum absolute atomic E-state index is 9.81. The van der Waals surface area contributed by atoms with Crippen LogP contribution < -0.4 is 5.32 Å². The summed E-state index contributed by atoms with van der Waals surface area (Å²) in [5.74, 6) is 0.255. The van der Waals surface area contributed by atoms with Gasteiger partial charge in [0.1, 0.15) is 5.78 Å².